The number of fused-ring (bicyclic) bond motifs is 1. The van der Waals surface area contributed by atoms with Gasteiger partial charge in [0.2, 0.25) is 0 Å². The second-order valence-electron chi connectivity index (χ2n) is 4.81. The molecule has 0 N–H and O–H groups in total. The van der Waals surface area contributed by atoms with Gasteiger partial charge < -0.3 is 4.74 Å². The van der Waals surface area contributed by atoms with E-state index in [4.69, 9.17) is 4.74 Å². The van der Waals surface area contributed by atoms with Crippen LogP contribution in [-0.4, -0.2) is 35.8 Å². The second kappa shape index (κ2) is 6.85. The lowest BCUT2D eigenvalue weighted by Crippen LogP contribution is -2.29. The molecule has 1 aromatic carbocycles. The van der Waals surface area contributed by atoms with Gasteiger partial charge in [0, 0.05) is 12.6 Å². The molecular weight excluding hydrogens is 282 g/mol. The lowest BCUT2D eigenvalue weighted by atomic mass is 10.1. The predicted octanol–water partition coefficient (Wildman–Crippen LogP) is 2.35. The van der Waals surface area contributed by atoms with Crippen molar-refractivity contribution in [3.63, 3.8) is 0 Å². The Kier molecular flexibility index (Phi) is 4.88. The van der Waals surface area contributed by atoms with Gasteiger partial charge in [0.1, 0.15) is 0 Å². The Morgan fingerprint density at radius 1 is 1.18 bits per heavy atom. The number of imide groups is 1. The van der Waals surface area contributed by atoms with Crippen molar-refractivity contribution in [3.8, 4) is 0 Å². The van der Waals surface area contributed by atoms with Gasteiger partial charge >= 0.3 is 5.97 Å². The first-order valence-corrected chi connectivity index (χ1v) is 7.01. The molecule has 114 valence electrons. The molecule has 5 nitrogen and oxygen atoms in total. The zero-order valence-corrected chi connectivity index (χ0v) is 12.5. The number of hydrogen-bond donors (Lipinski definition) is 0. The summed E-state index contributed by atoms with van der Waals surface area (Å²) in [4.78, 5) is 36.7. The average Bonchev–Trinajstić information content (AvgIpc) is 2.73. The Morgan fingerprint density at radius 3 is 2.32 bits per heavy atom. The molecule has 0 unspecified atom stereocenters. The van der Waals surface area contributed by atoms with Crippen molar-refractivity contribution >= 4 is 17.8 Å². The zero-order valence-electron chi connectivity index (χ0n) is 12.5. The number of ether oxygens (including phenoxy) is 1. The number of benzene rings is 1. The van der Waals surface area contributed by atoms with E-state index in [1.165, 1.54) is 11.0 Å². The second-order valence-corrected chi connectivity index (χ2v) is 4.81. The highest BCUT2D eigenvalue weighted by molar-refractivity contribution is 6.21. The van der Waals surface area contributed by atoms with Gasteiger partial charge in [0.25, 0.3) is 11.8 Å². The number of allylic oxidation sites excluding steroid dienone is 2. The molecule has 0 fully saturated rings. The molecule has 2 rings (SSSR count). The van der Waals surface area contributed by atoms with E-state index in [1.807, 2.05) is 0 Å². The summed E-state index contributed by atoms with van der Waals surface area (Å²) in [7, 11) is 0. The molecule has 0 bridgehead atoms. The molecule has 22 heavy (non-hydrogen) atoms. The normalized spacial score (nSPS) is 14.6. The Bertz CT molecular complexity index is 638. The van der Waals surface area contributed by atoms with Gasteiger partial charge in [-0.1, -0.05) is 24.3 Å². The summed E-state index contributed by atoms with van der Waals surface area (Å²) < 4.78 is 4.80. The van der Waals surface area contributed by atoms with Crippen LogP contribution < -0.4 is 0 Å². The minimum absolute atomic E-state index is 0.167. The van der Waals surface area contributed by atoms with Crippen LogP contribution in [-0.2, 0) is 9.53 Å². The third-order valence-electron chi connectivity index (χ3n) is 3.18. The first-order valence-electron chi connectivity index (χ1n) is 7.01. The molecule has 0 radical (unpaired) electrons. The summed E-state index contributed by atoms with van der Waals surface area (Å²) in [6.07, 6.45) is 4.72. The highest BCUT2D eigenvalue weighted by Crippen LogP contribution is 2.22. The average molecular weight is 299 g/mol. The minimum Gasteiger partial charge on any atom is -0.463 e. The fourth-order valence-corrected chi connectivity index (χ4v) is 2.17. The number of amides is 2. The predicted molar refractivity (Wildman–Crippen MR) is 81.3 cm³/mol. The molecule has 1 aliphatic rings. The summed E-state index contributed by atoms with van der Waals surface area (Å²) in [5.74, 6) is -1.00. The quantitative estimate of drug-likeness (QED) is 0.362. The fourth-order valence-electron chi connectivity index (χ4n) is 2.17. The van der Waals surface area contributed by atoms with Crippen LogP contribution in [0.3, 0.4) is 0 Å². The minimum atomic E-state index is -0.412. The Labute approximate surface area is 128 Å². The van der Waals surface area contributed by atoms with E-state index < -0.39 is 5.97 Å². The molecule has 5 heteroatoms. The number of carbonyl (C=O) groups excluding carboxylic acids is 3. The maximum Gasteiger partial charge on any atom is 0.330 e. The smallest absolute Gasteiger partial charge is 0.330 e. The van der Waals surface area contributed by atoms with Crippen molar-refractivity contribution in [2.45, 2.75) is 13.8 Å². The van der Waals surface area contributed by atoms with E-state index in [9.17, 15) is 14.4 Å². The van der Waals surface area contributed by atoms with Crippen LogP contribution in [0.15, 0.2) is 48.1 Å². The van der Waals surface area contributed by atoms with E-state index in [-0.39, 0.29) is 18.4 Å². The summed E-state index contributed by atoms with van der Waals surface area (Å²) in [6, 6.07) is 6.75. The van der Waals surface area contributed by atoms with E-state index in [2.05, 4.69) is 0 Å². The number of rotatable bonds is 5. The first kappa shape index (κ1) is 15.7. The molecule has 2 amide bonds. The van der Waals surface area contributed by atoms with E-state index in [1.54, 1.807) is 50.3 Å². The standard InChI is InChI=1S/C17H17NO4/c1-3-22-15(19)11-12(2)7-6-10-18-16(20)13-8-4-5-9-14(13)17(18)21/h4-9,11H,3,10H2,1-2H3/b7-6+,12-11+. The number of carbonyl (C=O) groups is 3. The highest BCUT2D eigenvalue weighted by atomic mass is 16.5. The molecule has 1 heterocycles. The van der Waals surface area contributed by atoms with Crippen molar-refractivity contribution in [2.24, 2.45) is 0 Å². The van der Waals surface area contributed by atoms with Crippen LogP contribution in [0.2, 0.25) is 0 Å². The maximum atomic E-state index is 12.1. The highest BCUT2D eigenvalue weighted by Gasteiger charge is 2.33. The Balaban J connectivity index is 2.01. The van der Waals surface area contributed by atoms with E-state index in [0.29, 0.717) is 23.3 Å². The van der Waals surface area contributed by atoms with Gasteiger partial charge in [-0.25, -0.2) is 4.79 Å². The Hall–Kier alpha value is -2.69. The van der Waals surface area contributed by atoms with Gasteiger partial charge in [0.05, 0.1) is 17.7 Å². The topological polar surface area (TPSA) is 63.7 Å². The van der Waals surface area contributed by atoms with Crippen molar-refractivity contribution in [2.75, 3.05) is 13.2 Å². The van der Waals surface area contributed by atoms with Crippen molar-refractivity contribution in [3.05, 3.63) is 59.2 Å². The van der Waals surface area contributed by atoms with E-state index in [0.717, 1.165) is 0 Å². The molecule has 0 saturated carbocycles. The fraction of sp³-hybridized carbons (Fsp3) is 0.235. The molecule has 0 aromatic heterocycles. The third kappa shape index (κ3) is 3.31. The molecule has 0 spiro atoms. The van der Waals surface area contributed by atoms with Gasteiger partial charge in [-0.3, -0.25) is 14.5 Å². The number of esters is 1. The van der Waals surface area contributed by atoms with Crippen LogP contribution >= 0.6 is 0 Å². The summed E-state index contributed by atoms with van der Waals surface area (Å²) in [6.45, 7) is 3.97. The van der Waals surface area contributed by atoms with E-state index >= 15 is 0 Å². The molecular formula is C17H17NO4. The van der Waals surface area contributed by atoms with Crippen LogP contribution in [0, 0.1) is 0 Å². The maximum absolute atomic E-state index is 12.1. The van der Waals surface area contributed by atoms with Crippen LogP contribution in [0.5, 0.6) is 0 Å². The molecule has 0 atom stereocenters. The van der Waals surface area contributed by atoms with Crippen molar-refractivity contribution in [1.29, 1.82) is 0 Å². The lowest BCUT2D eigenvalue weighted by Gasteiger charge is -2.10. The zero-order chi connectivity index (χ0) is 16.1. The van der Waals surface area contributed by atoms with Gasteiger partial charge in [-0.15, -0.1) is 0 Å². The van der Waals surface area contributed by atoms with Gasteiger partial charge in [-0.05, 0) is 31.6 Å². The molecule has 1 aliphatic heterocycles. The molecule has 1 aromatic rings. The van der Waals surface area contributed by atoms with Crippen molar-refractivity contribution < 1.29 is 19.1 Å². The lowest BCUT2D eigenvalue weighted by molar-refractivity contribution is -0.137. The third-order valence-corrected chi connectivity index (χ3v) is 3.18. The SMILES string of the molecule is CCOC(=O)/C=C(C)/C=C/CN1C(=O)c2ccccc2C1=O. The van der Waals surface area contributed by atoms with Crippen LogP contribution in [0.25, 0.3) is 0 Å². The first-order chi connectivity index (χ1) is 10.5. The summed E-state index contributed by atoms with van der Waals surface area (Å²) in [5.41, 5.74) is 1.55. The summed E-state index contributed by atoms with van der Waals surface area (Å²) in [5, 5.41) is 0. The van der Waals surface area contributed by atoms with Crippen LogP contribution in [0.1, 0.15) is 34.6 Å². The van der Waals surface area contributed by atoms with Gasteiger partial charge in [-0.2, -0.15) is 0 Å². The summed E-state index contributed by atoms with van der Waals surface area (Å²) >= 11 is 0. The molecule has 0 aliphatic carbocycles. The Morgan fingerprint density at radius 2 is 1.77 bits per heavy atom. The largest absolute Gasteiger partial charge is 0.463 e. The van der Waals surface area contributed by atoms with Gasteiger partial charge in [0.15, 0.2) is 0 Å². The molecule has 0 saturated heterocycles. The van der Waals surface area contributed by atoms with Crippen LogP contribution in [0.4, 0.5) is 0 Å². The number of hydrogen-bond acceptors (Lipinski definition) is 4. The van der Waals surface area contributed by atoms with Crippen molar-refractivity contribution in [1.82, 2.24) is 4.90 Å². The number of nitrogens with zero attached hydrogens (tertiary/aromatic N) is 1. The monoisotopic (exact) mass is 299 g/mol.